The third-order valence-corrected chi connectivity index (χ3v) is 10.1. The SMILES string of the molecule is CO[C@@]1(C)OC(=O)[C@@H]([C@H](O)[C@H](C)O[Si](C)(C)C(C)(C)C)O[C@]1(C)OC. The van der Waals surface area contributed by atoms with Crippen molar-refractivity contribution in [3.63, 3.8) is 0 Å². The second-order valence-corrected chi connectivity index (χ2v) is 13.1. The summed E-state index contributed by atoms with van der Waals surface area (Å²) < 4.78 is 28.0. The molecule has 0 aliphatic carbocycles. The summed E-state index contributed by atoms with van der Waals surface area (Å²) in [5.74, 6) is -3.49. The predicted octanol–water partition coefficient (Wildman–Crippen LogP) is 2.42. The number of aliphatic hydroxyl groups is 1. The zero-order valence-electron chi connectivity index (χ0n) is 17.1. The predicted molar refractivity (Wildman–Crippen MR) is 95.5 cm³/mol. The largest absolute Gasteiger partial charge is 0.425 e. The van der Waals surface area contributed by atoms with E-state index in [1.54, 1.807) is 20.8 Å². The van der Waals surface area contributed by atoms with Gasteiger partial charge in [0.25, 0.3) is 5.79 Å². The minimum Gasteiger partial charge on any atom is -0.425 e. The number of ether oxygens (including phenoxy) is 4. The van der Waals surface area contributed by atoms with Crippen molar-refractivity contribution in [1.82, 2.24) is 0 Å². The average molecular weight is 379 g/mol. The highest BCUT2D eigenvalue weighted by Crippen LogP contribution is 2.40. The van der Waals surface area contributed by atoms with E-state index in [0.717, 1.165) is 0 Å². The molecule has 1 heterocycles. The molecule has 0 saturated carbocycles. The Morgan fingerprint density at radius 3 is 2.04 bits per heavy atom. The first kappa shape index (κ1) is 22.5. The molecule has 1 N–H and O–H groups in total. The van der Waals surface area contributed by atoms with Crippen LogP contribution in [0, 0.1) is 0 Å². The van der Waals surface area contributed by atoms with Crippen molar-refractivity contribution < 1.29 is 33.3 Å². The molecule has 7 nitrogen and oxygen atoms in total. The van der Waals surface area contributed by atoms with Crippen molar-refractivity contribution in [3.8, 4) is 0 Å². The monoisotopic (exact) mass is 378 g/mol. The number of rotatable bonds is 6. The first-order valence-corrected chi connectivity index (χ1v) is 11.4. The molecule has 1 rings (SSSR count). The third kappa shape index (κ3) is 4.25. The van der Waals surface area contributed by atoms with Crippen molar-refractivity contribution in [2.45, 2.75) is 89.6 Å². The van der Waals surface area contributed by atoms with Crippen LogP contribution in [0.1, 0.15) is 41.5 Å². The maximum Gasteiger partial charge on any atom is 0.340 e. The van der Waals surface area contributed by atoms with E-state index >= 15 is 0 Å². The molecule has 0 aromatic carbocycles. The molecule has 148 valence electrons. The Bertz CT molecular complexity index is 490. The number of cyclic esters (lactones) is 1. The standard InChI is InChI=1S/C17H34O7Si/c1-11(24-25(9,10)15(2,3)4)12(18)13-14(19)23-17(6,21-8)16(5,20-7)22-13/h11-13,18H,1-10H3/t11-,12+,13+,16-,17-/m0/s1. The molecule has 0 amide bonds. The minimum absolute atomic E-state index is 0.0232. The summed E-state index contributed by atoms with van der Waals surface area (Å²) in [7, 11) is 0.704. The summed E-state index contributed by atoms with van der Waals surface area (Å²) in [5.41, 5.74) is 0. The van der Waals surface area contributed by atoms with E-state index in [9.17, 15) is 9.90 Å². The van der Waals surface area contributed by atoms with Crippen LogP contribution in [0.25, 0.3) is 0 Å². The summed E-state index contributed by atoms with van der Waals surface area (Å²) in [4.78, 5) is 12.4. The number of carbonyl (C=O) groups excluding carboxylic acids is 1. The Morgan fingerprint density at radius 2 is 1.64 bits per heavy atom. The van der Waals surface area contributed by atoms with Gasteiger partial charge in [-0.1, -0.05) is 20.8 Å². The lowest BCUT2D eigenvalue weighted by Crippen LogP contribution is -2.67. The summed E-state index contributed by atoms with van der Waals surface area (Å²) in [5, 5.41) is 10.7. The van der Waals surface area contributed by atoms with Crippen molar-refractivity contribution in [2.24, 2.45) is 0 Å². The van der Waals surface area contributed by atoms with Crippen molar-refractivity contribution in [3.05, 3.63) is 0 Å². The van der Waals surface area contributed by atoms with E-state index in [1.165, 1.54) is 14.2 Å². The second-order valence-electron chi connectivity index (χ2n) is 8.33. The van der Waals surface area contributed by atoms with Crippen LogP contribution in [0.3, 0.4) is 0 Å². The van der Waals surface area contributed by atoms with Crippen LogP contribution in [0.2, 0.25) is 18.1 Å². The number of carbonyl (C=O) groups is 1. The zero-order chi connectivity index (χ0) is 19.8. The van der Waals surface area contributed by atoms with Gasteiger partial charge in [0.2, 0.25) is 5.79 Å². The zero-order valence-corrected chi connectivity index (χ0v) is 18.1. The summed E-state index contributed by atoms with van der Waals surface area (Å²) >= 11 is 0. The van der Waals surface area contributed by atoms with Gasteiger partial charge in [-0.2, -0.15) is 0 Å². The maximum absolute atomic E-state index is 12.4. The van der Waals surface area contributed by atoms with Crippen LogP contribution in [-0.4, -0.2) is 63.5 Å². The third-order valence-electron chi connectivity index (χ3n) is 5.56. The highest BCUT2D eigenvalue weighted by atomic mass is 28.4. The van der Waals surface area contributed by atoms with Gasteiger partial charge in [0.15, 0.2) is 14.4 Å². The van der Waals surface area contributed by atoms with Gasteiger partial charge < -0.3 is 28.5 Å². The number of hydrogen-bond acceptors (Lipinski definition) is 7. The number of aliphatic hydroxyl groups excluding tert-OH is 1. The fourth-order valence-electron chi connectivity index (χ4n) is 2.37. The summed E-state index contributed by atoms with van der Waals surface area (Å²) in [6.07, 6.45) is -3.03. The highest BCUT2D eigenvalue weighted by molar-refractivity contribution is 6.74. The van der Waals surface area contributed by atoms with E-state index in [4.69, 9.17) is 23.4 Å². The smallest absolute Gasteiger partial charge is 0.340 e. The van der Waals surface area contributed by atoms with Crippen LogP contribution in [0.5, 0.6) is 0 Å². The van der Waals surface area contributed by atoms with E-state index in [1.807, 2.05) is 0 Å². The van der Waals surface area contributed by atoms with Crippen LogP contribution < -0.4 is 0 Å². The highest BCUT2D eigenvalue weighted by Gasteiger charge is 2.59. The van der Waals surface area contributed by atoms with Crippen LogP contribution in [0.4, 0.5) is 0 Å². The Kier molecular flexibility index (Phi) is 6.53. The molecule has 1 aliphatic rings. The van der Waals surface area contributed by atoms with E-state index in [2.05, 4.69) is 33.9 Å². The average Bonchev–Trinajstić information content (AvgIpc) is 2.48. The van der Waals surface area contributed by atoms with Gasteiger partial charge in [-0.15, -0.1) is 0 Å². The van der Waals surface area contributed by atoms with Gasteiger partial charge in [-0.3, -0.25) is 0 Å². The van der Waals surface area contributed by atoms with Gasteiger partial charge >= 0.3 is 5.97 Å². The number of esters is 1. The second kappa shape index (κ2) is 7.25. The fourth-order valence-corrected chi connectivity index (χ4v) is 3.79. The summed E-state index contributed by atoms with van der Waals surface area (Å²) in [6, 6.07) is 0. The maximum atomic E-state index is 12.4. The van der Waals surface area contributed by atoms with Crippen LogP contribution >= 0.6 is 0 Å². The quantitative estimate of drug-likeness (QED) is 0.561. The van der Waals surface area contributed by atoms with Gasteiger partial charge in [0.1, 0.15) is 6.10 Å². The molecule has 5 atom stereocenters. The minimum atomic E-state index is -2.12. The summed E-state index contributed by atoms with van der Waals surface area (Å²) in [6.45, 7) is 15.4. The molecule has 25 heavy (non-hydrogen) atoms. The lowest BCUT2D eigenvalue weighted by Gasteiger charge is -2.49. The molecule has 1 aliphatic heterocycles. The lowest BCUT2D eigenvalue weighted by atomic mass is 10.0. The molecule has 0 spiro atoms. The fraction of sp³-hybridized carbons (Fsp3) is 0.941. The van der Waals surface area contributed by atoms with Gasteiger partial charge in [-0.25, -0.2) is 4.79 Å². The van der Waals surface area contributed by atoms with Crippen molar-refractivity contribution >= 4 is 14.3 Å². The molecule has 1 saturated heterocycles. The molecule has 0 aromatic rings. The first-order chi connectivity index (χ1) is 11.1. The number of hydrogen-bond donors (Lipinski definition) is 1. The first-order valence-electron chi connectivity index (χ1n) is 8.51. The molecular formula is C17H34O7Si. The van der Waals surface area contributed by atoms with E-state index in [0.29, 0.717) is 0 Å². The van der Waals surface area contributed by atoms with Crippen LogP contribution in [-0.2, 0) is 28.2 Å². The Morgan fingerprint density at radius 1 is 1.16 bits per heavy atom. The molecular weight excluding hydrogens is 344 g/mol. The Balaban J connectivity index is 2.98. The van der Waals surface area contributed by atoms with E-state index in [-0.39, 0.29) is 5.04 Å². The van der Waals surface area contributed by atoms with Gasteiger partial charge in [0, 0.05) is 21.1 Å². The van der Waals surface area contributed by atoms with Gasteiger partial charge in [0.05, 0.1) is 6.10 Å². The normalized spacial score (nSPS) is 33.7. The van der Waals surface area contributed by atoms with Gasteiger partial charge in [-0.05, 0) is 32.0 Å². The van der Waals surface area contributed by atoms with Crippen molar-refractivity contribution in [2.75, 3.05) is 14.2 Å². The molecule has 0 unspecified atom stereocenters. The van der Waals surface area contributed by atoms with Crippen LogP contribution in [0.15, 0.2) is 0 Å². The lowest BCUT2D eigenvalue weighted by molar-refractivity contribution is -0.411. The molecule has 0 aromatic heterocycles. The topological polar surface area (TPSA) is 83.5 Å². The Labute approximate surface area is 152 Å². The number of methoxy groups -OCH3 is 2. The Hall–Kier alpha value is -0.513. The molecule has 0 bridgehead atoms. The van der Waals surface area contributed by atoms with Crippen molar-refractivity contribution in [1.29, 1.82) is 0 Å². The molecule has 0 radical (unpaired) electrons. The van der Waals surface area contributed by atoms with E-state index < -0.39 is 44.2 Å². The molecule has 1 fully saturated rings. The molecule has 8 heteroatoms.